The molecular weight excluding hydrogens is 475 g/mol. The predicted octanol–water partition coefficient (Wildman–Crippen LogP) is 4.00. The van der Waals surface area contributed by atoms with Gasteiger partial charge in [-0.05, 0) is 35.9 Å². The quantitative estimate of drug-likeness (QED) is 0.175. The van der Waals surface area contributed by atoms with E-state index in [9.17, 15) is 18.8 Å². The summed E-state index contributed by atoms with van der Waals surface area (Å²) in [5, 5.41) is 0.880. The minimum Gasteiger partial charge on any atom is -0.283 e. The maximum Gasteiger partial charge on any atom is 0.269 e. The van der Waals surface area contributed by atoms with Crippen LogP contribution in [0, 0.1) is 5.82 Å². The molecule has 0 aliphatic carbocycles. The Kier molecular flexibility index (Phi) is 7.19. The molecule has 172 valence electrons. The smallest absolute Gasteiger partial charge is 0.269 e. The monoisotopic (exact) mass is 494 g/mol. The lowest BCUT2D eigenvalue weighted by Gasteiger charge is -2.10. The number of carbonyl (C=O) groups excluding carboxylic acids is 2. The molecule has 0 unspecified atom stereocenters. The Morgan fingerprint density at radius 3 is 2.56 bits per heavy atom. The molecule has 0 aliphatic rings. The molecular formula is C24H19FN4O3S2. The standard InChI is InChI=1S/C24H19FN4O3S2/c1-2-12-29-23(32)18-13-19(15-6-4-3-5-7-15)34-22(18)26-24(29)33-14-20(30)27-28-21(31)16-8-10-17(25)11-9-16/h2-11,13H,1,12,14H2,(H,27,30)(H,28,31). The minimum absolute atomic E-state index is 0.0876. The number of halogens is 1. The van der Waals surface area contributed by atoms with Gasteiger partial charge in [0.05, 0.1) is 11.1 Å². The average Bonchev–Trinajstić information content (AvgIpc) is 3.29. The van der Waals surface area contributed by atoms with Gasteiger partial charge in [-0.25, -0.2) is 9.37 Å². The van der Waals surface area contributed by atoms with Crippen LogP contribution in [0.15, 0.2) is 83.3 Å². The van der Waals surface area contributed by atoms with E-state index in [2.05, 4.69) is 22.4 Å². The molecule has 10 heteroatoms. The molecule has 2 N–H and O–H groups in total. The number of hydrogen-bond donors (Lipinski definition) is 2. The van der Waals surface area contributed by atoms with Gasteiger partial charge in [0.1, 0.15) is 10.6 Å². The van der Waals surface area contributed by atoms with Gasteiger partial charge in [0, 0.05) is 17.0 Å². The Bertz CT molecular complexity index is 1420. The molecule has 0 saturated heterocycles. The third kappa shape index (κ3) is 5.24. The number of rotatable bonds is 7. The van der Waals surface area contributed by atoms with Crippen molar-refractivity contribution in [1.82, 2.24) is 20.4 Å². The highest BCUT2D eigenvalue weighted by Gasteiger charge is 2.16. The van der Waals surface area contributed by atoms with Crippen molar-refractivity contribution in [2.24, 2.45) is 0 Å². The Balaban J connectivity index is 1.49. The van der Waals surface area contributed by atoms with Crippen molar-refractivity contribution in [2.45, 2.75) is 11.7 Å². The van der Waals surface area contributed by atoms with E-state index in [-0.39, 0.29) is 23.4 Å². The molecule has 0 radical (unpaired) electrons. The third-order valence-electron chi connectivity index (χ3n) is 4.74. The van der Waals surface area contributed by atoms with Crippen LogP contribution in [0.1, 0.15) is 10.4 Å². The van der Waals surface area contributed by atoms with Gasteiger partial charge in [0.25, 0.3) is 11.5 Å². The fourth-order valence-electron chi connectivity index (χ4n) is 3.11. The van der Waals surface area contributed by atoms with E-state index < -0.39 is 17.6 Å². The van der Waals surface area contributed by atoms with Crippen LogP contribution in [-0.2, 0) is 11.3 Å². The van der Waals surface area contributed by atoms with E-state index in [1.54, 1.807) is 6.08 Å². The molecule has 0 bridgehead atoms. The van der Waals surface area contributed by atoms with Crippen LogP contribution in [0.4, 0.5) is 4.39 Å². The molecule has 2 aromatic carbocycles. The molecule has 7 nitrogen and oxygen atoms in total. The number of aromatic nitrogens is 2. The molecule has 0 fully saturated rings. The molecule has 0 atom stereocenters. The lowest BCUT2D eigenvalue weighted by molar-refractivity contribution is -0.119. The number of thioether (sulfide) groups is 1. The van der Waals surface area contributed by atoms with Crippen molar-refractivity contribution < 1.29 is 14.0 Å². The van der Waals surface area contributed by atoms with Crippen molar-refractivity contribution in [2.75, 3.05) is 5.75 Å². The van der Waals surface area contributed by atoms with Crippen LogP contribution in [0.25, 0.3) is 20.7 Å². The van der Waals surface area contributed by atoms with E-state index in [1.165, 1.54) is 28.0 Å². The summed E-state index contributed by atoms with van der Waals surface area (Å²) in [5.74, 6) is -1.62. The van der Waals surface area contributed by atoms with Gasteiger partial charge in [-0.1, -0.05) is 48.2 Å². The third-order valence-corrected chi connectivity index (χ3v) is 6.79. The molecule has 2 heterocycles. The number of fused-ring (bicyclic) bond motifs is 1. The van der Waals surface area contributed by atoms with Crippen molar-refractivity contribution in [3.8, 4) is 10.4 Å². The molecule has 34 heavy (non-hydrogen) atoms. The number of thiophene rings is 1. The van der Waals surface area contributed by atoms with Crippen molar-refractivity contribution in [1.29, 1.82) is 0 Å². The first kappa shape index (κ1) is 23.4. The maximum atomic E-state index is 13.1. The van der Waals surface area contributed by atoms with Crippen LogP contribution in [0.5, 0.6) is 0 Å². The highest BCUT2D eigenvalue weighted by atomic mass is 32.2. The fraction of sp³-hybridized carbons (Fsp3) is 0.0833. The van der Waals surface area contributed by atoms with E-state index in [1.807, 2.05) is 36.4 Å². The Morgan fingerprint density at radius 1 is 1.12 bits per heavy atom. The summed E-state index contributed by atoms with van der Waals surface area (Å²) in [6.07, 6.45) is 1.59. The second-order valence-corrected chi connectivity index (χ2v) is 9.07. The minimum atomic E-state index is -0.575. The summed E-state index contributed by atoms with van der Waals surface area (Å²) in [4.78, 5) is 43.6. The summed E-state index contributed by atoms with van der Waals surface area (Å²) < 4.78 is 14.5. The van der Waals surface area contributed by atoms with Gasteiger partial charge >= 0.3 is 0 Å². The number of nitrogens with zero attached hydrogens (tertiary/aromatic N) is 2. The molecule has 4 rings (SSSR count). The lowest BCUT2D eigenvalue weighted by atomic mass is 10.2. The predicted molar refractivity (Wildman–Crippen MR) is 132 cm³/mol. The Labute approximate surface area is 202 Å². The zero-order valence-electron chi connectivity index (χ0n) is 17.8. The summed E-state index contributed by atoms with van der Waals surface area (Å²) in [5.41, 5.74) is 5.57. The first-order valence-corrected chi connectivity index (χ1v) is 11.9. The lowest BCUT2D eigenvalue weighted by Crippen LogP contribution is -2.42. The van der Waals surface area contributed by atoms with Crippen LogP contribution in [0.3, 0.4) is 0 Å². The van der Waals surface area contributed by atoms with Gasteiger partial charge in [-0.3, -0.25) is 29.8 Å². The highest BCUT2D eigenvalue weighted by molar-refractivity contribution is 7.99. The van der Waals surface area contributed by atoms with E-state index >= 15 is 0 Å². The Hall–Kier alpha value is -3.76. The van der Waals surface area contributed by atoms with Gasteiger partial charge < -0.3 is 0 Å². The molecule has 2 aromatic heterocycles. The number of allylic oxidation sites excluding steroid dienone is 1. The van der Waals surface area contributed by atoms with E-state index in [0.717, 1.165) is 34.3 Å². The molecule has 0 saturated carbocycles. The second-order valence-electron chi connectivity index (χ2n) is 7.09. The van der Waals surface area contributed by atoms with Crippen LogP contribution in [0.2, 0.25) is 0 Å². The van der Waals surface area contributed by atoms with Crippen LogP contribution < -0.4 is 16.4 Å². The summed E-state index contributed by atoms with van der Waals surface area (Å²) in [6.45, 7) is 3.94. The number of benzene rings is 2. The van der Waals surface area contributed by atoms with Crippen molar-refractivity contribution >= 4 is 45.1 Å². The van der Waals surface area contributed by atoms with Gasteiger partial charge in [0.15, 0.2) is 5.16 Å². The topological polar surface area (TPSA) is 93.1 Å². The highest BCUT2D eigenvalue weighted by Crippen LogP contribution is 2.32. The largest absolute Gasteiger partial charge is 0.283 e. The van der Waals surface area contributed by atoms with Crippen molar-refractivity contribution in [3.05, 3.63) is 95.1 Å². The molecule has 4 aromatic rings. The van der Waals surface area contributed by atoms with Crippen molar-refractivity contribution in [3.63, 3.8) is 0 Å². The zero-order valence-corrected chi connectivity index (χ0v) is 19.4. The first-order chi connectivity index (χ1) is 16.5. The number of carbonyl (C=O) groups is 2. The van der Waals surface area contributed by atoms with Crippen LogP contribution >= 0.6 is 23.1 Å². The van der Waals surface area contributed by atoms with Gasteiger partial charge in [0.2, 0.25) is 5.91 Å². The normalized spacial score (nSPS) is 10.7. The summed E-state index contributed by atoms with van der Waals surface area (Å²) in [6, 6.07) is 16.5. The number of nitrogens with one attached hydrogen (secondary N) is 2. The van der Waals surface area contributed by atoms with Gasteiger partial charge in [-0.2, -0.15) is 0 Å². The molecule has 2 amide bonds. The average molecular weight is 495 g/mol. The fourth-order valence-corrected chi connectivity index (χ4v) is 4.99. The molecule has 0 aliphatic heterocycles. The van der Waals surface area contributed by atoms with Gasteiger partial charge in [-0.15, -0.1) is 17.9 Å². The number of amides is 2. The first-order valence-electron chi connectivity index (χ1n) is 10.1. The van der Waals surface area contributed by atoms with E-state index in [4.69, 9.17) is 0 Å². The maximum absolute atomic E-state index is 13.1. The SMILES string of the molecule is C=CCn1c(SCC(=O)NNC(=O)c2ccc(F)cc2)nc2sc(-c3ccccc3)cc2c1=O. The van der Waals surface area contributed by atoms with Crippen LogP contribution in [-0.4, -0.2) is 27.1 Å². The molecule has 0 spiro atoms. The second kappa shape index (κ2) is 10.4. The number of hydrogen-bond acceptors (Lipinski definition) is 6. The zero-order chi connectivity index (χ0) is 24.1. The summed E-state index contributed by atoms with van der Waals surface area (Å²) in [7, 11) is 0. The van der Waals surface area contributed by atoms with E-state index in [0.29, 0.717) is 15.4 Å². The summed E-state index contributed by atoms with van der Waals surface area (Å²) >= 11 is 2.48. The Morgan fingerprint density at radius 2 is 1.85 bits per heavy atom. The number of hydrazine groups is 1.